The van der Waals surface area contributed by atoms with Crippen LogP contribution < -0.4 is 5.32 Å². The van der Waals surface area contributed by atoms with Gasteiger partial charge in [0.2, 0.25) is 11.8 Å². The lowest BCUT2D eigenvalue weighted by Crippen LogP contribution is -2.41. The molecule has 0 bridgehead atoms. The van der Waals surface area contributed by atoms with Crippen LogP contribution >= 0.6 is 0 Å². The summed E-state index contributed by atoms with van der Waals surface area (Å²) < 4.78 is 1.86. The maximum absolute atomic E-state index is 12.6. The van der Waals surface area contributed by atoms with Crippen molar-refractivity contribution >= 4 is 11.8 Å². The molecule has 0 saturated heterocycles. The maximum Gasteiger partial charge on any atom is 0.239 e. The van der Waals surface area contributed by atoms with Gasteiger partial charge in [-0.3, -0.25) is 9.59 Å². The SMILES string of the molecule is CCNC(=O)CN(CC)C(=O)Cc1c(C)nn(-c2ccccc2)c1C. The zero-order valence-electron chi connectivity index (χ0n) is 15.4. The second-order valence-electron chi connectivity index (χ2n) is 5.93. The average Bonchev–Trinajstić information content (AvgIpc) is 2.88. The molecule has 0 unspecified atom stereocenters. The van der Waals surface area contributed by atoms with E-state index in [0.29, 0.717) is 13.1 Å². The van der Waals surface area contributed by atoms with Crippen LogP contribution in [0, 0.1) is 13.8 Å². The molecule has 0 saturated carbocycles. The molecule has 2 rings (SSSR count). The van der Waals surface area contributed by atoms with Gasteiger partial charge in [0, 0.05) is 24.3 Å². The second-order valence-corrected chi connectivity index (χ2v) is 5.93. The van der Waals surface area contributed by atoms with Crippen molar-refractivity contribution in [3.8, 4) is 5.69 Å². The van der Waals surface area contributed by atoms with Gasteiger partial charge in [0.1, 0.15) is 0 Å². The second kappa shape index (κ2) is 8.46. The predicted molar refractivity (Wildman–Crippen MR) is 97.7 cm³/mol. The Balaban J connectivity index is 2.18. The number of amides is 2. The average molecular weight is 342 g/mol. The summed E-state index contributed by atoms with van der Waals surface area (Å²) in [5.74, 6) is -0.196. The normalized spacial score (nSPS) is 10.6. The molecule has 0 spiro atoms. The van der Waals surface area contributed by atoms with E-state index in [9.17, 15) is 9.59 Å². The summed E-state index contributed by atoms with van der Waals surface area (Å²) in [5, 5.41) is 7.30. The molecule has 2 amide bonds. The quantitative estimate of drug-likeness (QED) is 0.837. The molecule has 0 aliphatic carbocycles. The number of carbonyl (C=O) groups excluding carboxylic acids is 2. The minimum atomic E-state index is -0.133. The Morgan fingerprint density at radius 1 is 1.16 bits per heavy atom. The molecule has 6 nitrogen and oxygen atoms in total. The third kappa shape index (κ3) is 4.47. The van der Waals surface area contributed by atoms with E-state index >= 15 is 0 Å². The van der Waals surface area contributed by atoms with Crippen LogP contribution in [0.2, 0.25) is 0 Å². The van der Waals surface area contributed by atoms with Gasteiger partial charge in [-0.05, 0) is 39.8 Å². The van der Waals surface area contributed by atoms with Gasteiger partial charge < -0.3 is 10.2 Å². The van der Waals surface area contributed by atoms with Crippen LogP contribution in [-0.2, 0) is 16.0 Å². The van der Waals surface area contributed by atoms with E-state index in [4.69, 9.17) is 0 Å². The van der Waals surface area contributed by atoms with E-state index < -0.39 is 0 Å². The van der Waals surface area contributed by atoms with Gasteiger partial charge in [-0.25, -0.2) is 4.68 Å². The molecule has 2 aromatic rings. The molecule has 0 atom stereocenters. The molecule has 0 aliphatic heterocycles. The van der Waals surface area contributed by atoms with Crippen LogP contribution in [0.4, 0.5) is 0 Å². The van der Waals surface area contributed by atoms with Crippen molar-refractivity contribution in [2.24, 2.45) is 0 Å². The molecule has 1 N–H and O–H groups in total. The number of carbonyl (C=O) groups is 2. The summed E-state index contributed by atoms with van der Waals surface area (Å²) in [6, 6.07) is 9.85. The number of aromatic nitrogens is 2. The van der Waals surface area contributed by atoms with E-state index in [2.05, 4.69) is 10.4 Å². The lowest BCUT2D eigenvalue weighted by molar-refractivity contribution is -0.135. The largest absolute Gasteiger partial charge is 0.355 e. The molecule has 0 radical (unpaired) electrons. The molecule has 1 aromatic carbocycles. The van der Waals surface area contributed by atoms with Crippen LogP contribution in [0.5, 0.6) is 0 Å². The number of nitrogens with zero attached hydrogens (tertiary/aromatic N) is 3. The molecule has 1 heterocycles. The van der Waals surface area contributed by atoms with Crippen molar-refractivity contribution < 1.29 is 9.59 Å². The highest BCUT2D eigenvalue weighted by Gasteiger charge is 2.20. The van der Waals surface area contributed by atoms with Crippen LogP contribution in [-0.4, -0.2) is 46.1 Å². The van der Waals surface area contributed by atoms with E-state index in [1.807, 2.05) is 62.7 Å². The van der Waals surface area contributed by atoms with Crippen LogP contribution in [0.3, 0.4) is 0 Å². The molecule has 25 heavy (non-hydrogen) atoms. The van der Waals surface area contributed by atoms with Gasteiger partial charge in [0.15, 0.2) is 0 Å². The number of likely N-dealkylation sites (N-methyl/N-ethyl adjacent to an activating group) is 2. The zero-order chi connectivity index (χ0) is 18.4. The zero-order valence-corrected chi connectivity index (χ0v) is 15.4. The fourth-order valence-corrected chi connectivity index (χ4v) is 2.82. The molecule has 6 heteroatoms. The van der Waals surface area contributed by atoms with Crippen molar-refractivity contribution in [3.05, 3.63) is 47.3 Å². The third-order valence-corrected chi connectivity index (χ3v) is 4.21. The number of nitrogens with one attached hydrogen (secondary N) is 1. The Morgan fingerprint density at radius 3 is 2.44 bits per heavy atom. The number of benzene rings is 1. The van der Waals surface area contributed by atoms with Crippen molar-refractivity contribution in [2.75, 3.05) is 19.6 Å². The van der Waals surface area contributed by atoms with Gasteiger partial charge in [-0.1, -0.05) is 18.2 Å². The number of hydrogen-bond donors (Lipinski definition) is 1. The van der Waals surface area contributed by atoms with Gasteiger partial charge >= 0.3 is 0 Å². The highest BCUT2D eigenvalue weighted by molar-refractivity contribution is 5.86. The molecule has 134 valence electrons. The summed E-state index contributed by atoms with van der Waals surface area (Å²) in [4.78, 5) is 26.0. The first-order chi connectivity index (χ1) is 12.0. The maximum atomic E-state index is 12.6. The minimum absolute atomic E-state index is 0.0624. The minimum Gasteiger partial charge on any atom is -0.355 e. The summed E-state index contributed by atoms with van der Waals surface area (Å²) in [6.07, 6.45) is 0.248. The van der Waals surface area contributed by atoms with Crippen LogP contribution in [0.1, 0.15) is 30.8 Å². The third-order valence-electron chi connectivity index (χ3n) is 4.21. The number of para-hydroxylation sites is 1. The molecule has 1 aromatic heterocycles. The van der Waals surface area contributed by atoms with Crippen molar-refractivity contribution in [1.29, 1.82) is 0 Å². The van der Waals surface area contributed by atoms with E-state index in [0.717, 1.165) is 22.6 Å². The van der Waals surface area contributed by atoms with Crippen LogP contribution in [0.25, 0.3) is 5.69 Å². The number of aryl methyl sites for hydroxylation is 1. The first-order valence-electron chi connectivity index (χ1n) is 8.62. The van der Waals surface area contributed by atoms with Crippen molar-refractivity contribution in [2.45, 2.75) is 34.1 Å². The summed E-state index contributed by atoms with van der Waals surface area (Å²) >= 11 is 0. The number of rotatable bonds is 7. The van der Waals surface area contributed by atoms with Crippen molar-refractivity contribution in [3.63, 3.8) is 0 Å². The Bertz CT molecular complexity index is 737. The van der Waals surface area contributed by atoms with E-state index in [1.165, 1.54) is 0 Å². The Morgan fingerprint density at radius 2 is 1.84 bits per heavy atom. The molecule has 0 fully saturated rings. The Hall–Kier alpha value is -2.63. The standard InChI is InChI=1S/C19H26N4O2/c1-5-20-18(24)13-22(6-2)19(25)12-17-14(3)21-23(15(17)4)16-10-8-7-9-11-16/h7-11H,5-6,12-13H2,1-4H3,(H,20,24). The summed E-state index contributed by atoms with van der Waals surface area (Å²) in [7, 11) is 0. The fraction of sp³-hybridized carbons (Fsp3) is 0.421. The van der Waals surface area contributed by atoms with Gasteiger partial charge in [-0.15, -0.1) is 0 Å². The van der Waals surface area contributed by atoms with Crippen LogP contribution in [0.15, 0.2) is 30.3 Å². The first-order valence-corrected chi connectivity index (χ1v) is 8.62. The summed E-state index contributed by atoms with van der Waals surface area (Å²) in [5.41, 5.74) is 3.68. The first kappa shape index (κ1) is 18.7. The van der Waals surface area contributed by atoms with Gasteiger partial charge in [-0.2, -0.15) is 5.10 Å². The monoisotopic (exact) mass is 342 g/mol. The van der Waals surface area contributed by atoms with E-state index in [1.54, 1.807) is 4.90 Å². The van der Waals surface area contributed by atoms with E-state index in [-0.39, 0.29) is 24.8 Å². The molecule has 0 aliphatic rings. The van der Waals surface area contributed by atoms with Gasteiger partial charge in [0.25, 0.3) is 0 Å². The molecular formula is C19H26N4O2. The Labute approximate surface area is 148 Å². The lowest BCUT2D eigenvalue weighted by Gasteiger charge is -2.20. The highest BCUT2D eigenvalue weighted by Crippen LogP contribution is 2.19. The summed E-state index contributed by atoms with van der Waals surface area (Å²) in [6.45, 7) is 8.78. The lowest BCUT2D eigenvalue weighted by atomic mass is 10.1. The topological polar surface area (TPSA) is 67.2 Å². The van der Waals surface area contributed by atoms with Crippen molar-refractivity contribution in [1.82, 2.24) is 20.0 Å². The molecular weight excluding hydrogens is 316 g/mol. The fourth-order valence-electron chi connectivity index (χ4n) is 2.82. The Kier molecular flexibility index (Phi) is 6.33. The highest BCUT2D eigenvalue weighted by atomic mass is 16.2. The predicted octanol–water partition coefficient (Wildman–Crippen LogP) is 2.02. The number of hydrogen-bond acceptors (Lipinski definition) is 3. The van der Waals surface area contributed by atoms with Gasteiger partial charge in [0.05, 0.1) is 24.3 Å². The smallest absolute Gasteiger partial charge is 0.239 e.